The molecule has 22 heavy (non-hydrogen) atoms. The first kappa shape index (κ1) is 16.3. The van der Waals surface area contributed by atoms with Crippen LogP contribution in [0.2, 0.25) is 5.02 Å². The summed E-state index contributed by atoms with van der Waals surface area (Å²) in [5, 5.41) is 1.13. The van der Waals surface area contributed by atoms with Gasteiger partial charge in [-0.3, -0.25) is 4.79 Å². The van der Waals surface area contributed by atoms with E-state index in [9.17, 15) is 4.79 Å². The molecule has 0 saturated heterocycles. The molecule has 0 heterocycles. The van der Waals surface area contributed by atoms with Crippen molar-refractivity contribution >= 4 is 34.0 Å². The van der Waals surface area contributed by atoms with E-state index in [1.165, 1.54) is 6.08 Å². The summed E-state index contributed by atoms with van der Waals surface area (Å²) in [4.78, 5) is 12.0. The fourth-order valence-corrected chi connectivity index (χ4v) is 2.19. The van der Waals surface area contributed by atoms with E-state index in [-0.39, 0.29) is 5.78 Å². The molecule has 2 nitrogen and oxygen atoms in total. The first-order valence-corrected chi connectivity index (χ1v) is 7.34. The minimum atomic E-state index is -0.102. The molecular weight excluding hydrogens is 319 g/mol. The molecule has 0 aliphatic carbocycles. The van der Waals surface area contributed by atoms with Crippen LogP contribution in [0.25, 0.3) is 5.03 Å². The molecule has 2 aromatic carbocycles. The van der Waals surface area contributed by atoms with Crippen LogP contribution in [0, 0.1) is 0 Å². The van der Waals surface area contributed by atoms with E-state index in [2.05, 4.69) is 0 Å². The Labute approximate surface area is 139 Å². The van der Waals surface area contributed by atoms with Gasteiger partial charge in [0.1, 0.15) is 5.75 Å². The van der Waals surface area contributed by atoms with Gasteiger partial charge in [0.05, 0.1) is 7.11 Å². The van der Waals surface area contributed by atoms with E-state index in [0.29, 0.717) is 21.4 Å². The van der Waals surface area contributed by atoms with Crippen molar-refractivity contribution in [1.29, 1.82) is 0 Å². The van der Waals surface area contributed by atoms with Crippen molar-refractivity contribution in [2.75, 3.05) is 7.11 Å². The topological polar surface area (TPSA) is 26.3 Å². The standard InChI is InChI=1S/C18H14Cl2O2/c1-22-16-10-8-13(9-11-16)18(21)7-3-6-17(20)14-4-2-5-15(19)12-14/h2-12H,1H3/b7-3+,17-6-. The molecule has 0 aromatic heterocycles. The molecule has 0 atom stereocenters. The number of carbonyl (C=O) groups excluding carboxylic acids is 1. The largest absolute Gasteiger partial charge is 0.497 e. The van der Waals surface area contributed by atoms with Crippen molar-refractivity contribution in [3.63, 3.8) is 0 Å². The summed E-state index contributed by atoms with van der Waals surface area (Å²) in [7, 11) is 1.58. The number of benzene rings is 2. The van der Waals surface area contributed by atoms with Crippen LogP contribution in [0.3, 0.4) is 0 Å². The summed E-state index contributed by atoms with van der Waals surface area (Å²) >= 11 is 12.1. The zero-order chi connectivity index (χ0) is 15.9. The normalized spacial score (nSPS) is 11.7. The van der Waals surface area contributed by atoms with Crippen LogP contribution >= 0.6 is 23.2 Å². The molecule has 2 aromatic rings. The maximum atomic E-state index is 12.0. The van der Waals surface area contributed by atoms with E-state index in [1.54, 1.807) is 55.7 Å². The third kappa shape index (κ3) is 4.48. The van der Waals surface area contributed by atoms with Gasteiger partial charge in [-0.25, -0.2) is 0 Å². The molecular formula is C18H14Cl2O2. The molecule has 2 rings (SSSR count). The predicted molar refractivity (Wildman–Crippen MR) is 91.7 cm³/mol. The van der Waals surface area contributed by atoms with Crippen LogP contribution in [0.15, 0.2) is 66.8 Å². The van der Waals surface area contributed by atoms with Crippen molar-refractivity contribution in [1.82, 2.24) is 0 Å². The van der Waals surface area contributed by atoms with E-state index in [1.807, 2.05) is 12.1 Å². The van der Waals surface area contributed by atoms with Crippen molar-refractivity contribution in [2.24, 2.45) is 0 Å². The summed E-state index contributed by atoms with van der Waals surface area (Å²) in [6, 6.07) is 14.1. The van der Waals surface area contributed by atoms with Crippen LogP contribution in [0.4, 0.5) is 0 Å². The van der Waals surface area contributed by atoms with E-state index in [0.717, 1.165) is 5.56 Å². The van der Waals surface area contributed by atoms with Crippen molar-refractivity contribution in [3.05, 3.63) is 82.9 Å². The molecule has 0 spiro atoms. The summed E-state index contributed by atoms with van der Waals surface area (Å²) < 4.78 is 5.05. The highest BCUT2D eigenvalue weighted by molar-refractivity contribution is 6.49. The number of allylic oxidation sites excluding steroid dienone is 3. The second-order valence-electron chi connectivity index (χ2n) is 4.48. The van der Waals surface area contributed by atoms with Gasteiger partial charge in [-0.15, -0.1) is 0 Å². The number of ketones is 1. The van der Waals surface area contributed by atoms with Gasteiger partial charge in [-0.05, 0) is 54.1 Å². The van der Waals surface area contributed by atoms with Gasteiger partial charge in [0.2, 0.25) is 0 Å². The number of carbonyl (C=O) groups is 1. The van der Waals surface area contributed by atoms with Gasteiger partial charge in [-0.2, -0.15) is 0 Å². The van der Waals surface area contributed by atoms with E-state index in [4.69, 9.17) is 27.9 Å². The highest BCUT2D eigenvalue weighted by Gasteiger charge is 2.01. The molecule has 0 bridgehead atoms. The maximum Gasteiger partial charge on any atom is 0.185 e. The van der Waals surface area contributed by atoms with Crippen LogP contribution in [-0.4, -0.2) is 12.9 Å². The Hall–Kier alpha value is -2.03. The Morgan fingerprint density at radius 1 is 1.09 bits per heavy atom. The maximum absolute atomic E-state index is 12.0. The Morgan fingerprint density at radius 3 is 2.45 bits per heavy atom. The third-order valence-electron chi connectivity index (χ3n) is 2.97. The zero-order valence-corrected chi connectivity index (χ0v) is 13.4. The lowest BCUT2D eigenvalue weighted by atomic mass is 10.1. The van der Waals surface area contributed by atoms with Gasteiger partial charge in [0, 0.05) is 15.6 Å². The Balaban J connectivity index is 2.07. The van der Waals surface area contributed by atoms with Crippen LogP contribution in [-0.2, 0) is 0 Å². The second kappa shape index (κ2) is 7.83. The number of halogens is 2. The quantitative estimate of drug-likeness (QED) is 0.418. The number of rotatable bonds is 5. The molecule has 0 N–H and O–H groups in total. The molecule has 112 valence electrons. The fourth-order valence-electron chi connectivity index (χ4n) is 1.80. The number of hydrogen-bond acceptors (Lipinski definition) is 2. The molecule has 0 unspecified atom stereocenters. The summed E-state index contributed by atoms with van der Waals surface area (Å²) in [6.45, 7) is 0. The predicted octanol–water partition coefficient (Wildman–Crippen LogP) is 5.37. The van der Waals surface area contributed by atoms with Gasteiger partial charge in [-0.1, -0.05) is 41.4 Å². The van der Waals surface area contributed by atoms with Crippen molar-refractivity contribution < 1.29 is 9.53 Å². The molecule has 4 heteroatoms. The zero-order valence-electron chi connectivity index (χ0n) is 11.9. The first-order valence-electron chi connectivity index (χ1n) is 6.58. The van der Waals surface area contributed by atoms with Crippen LogP contribution in [0.1, 0.15) is 15.9 Å². The Kier molecular flexibility index (Phi) is 5.82. The van der Waals surface area contributed by atoms with E-state index < -0.39 is 0 Å². The van der Waals surface area contributed by atoms with Gasteiger partial charge in [0.25, 0.3) is 0 Å². The minimum Gasteiger partial charge on any atom is -0.497 e. The molecule has 0 aliphatic heterocycles. The monoisotopic (exact) mass is 332 g/mol. The highest BCUT2D eigenvalue weighted by Crippen LogP contribution is 2.22. The fraction of sp³-hybridized carbons (Fsp3) is 0.0556. The van der Waals surface area contributed by atoms with Gasteiger partial charge < -0.3 is 4.74 Å². The molecule has 0 aliphatic rings. The molecule has 0 amide bonds. The number of methoxy groups -OCH3 is 1. The average molecular weight is 333 g/mol. The lowest BCUT2D eigenvalue weighted by Crippen LogP contribution is -1.93. The summed E-state index contributed by atoms with van der Waals surface area (Å²) in [5.74, 6) is 0.610. The Bertz CT molecular complexity index is 716. The highest BCUT2D eigenvalue weighted by atomic mass is 35.5. The number of ether oxygens (including phenoxy) is 1. The summed E-state index contributed by atoms with van der Waals surface area (Å²) in [5.41, 5.74) is 1.39. The number of hydrogen-bond donors (Lipinski definition) is 0. The SMILES string of the molecule is COc1ccc(C(=O)/C=C/C=C(\Cl)c2cccc(Cl)c2)cc1. The van der Waals surface area contributed by atoms with E-state index >= 15 is 0 Å². The smallest absolute Gasteiger partial charge is 0.185 e. The van der Waals surface area contributed by atoms with Gasteiger partial charge in [0.15, 0.2) is 5.78 Å². The van der Waals surface area contributed by atoms with Crippen molar-refractivity contribution in [2.45, 2.75) is 0 Å². The minimum absolute atomic E-state index is 0.102. The molecule has 0 saturated carbocycles. The lowest BCUT2D eigenvalue weighted by Gasteiger charge is -2.00. The first-order chi connectivity index (χ1) is 10.6. The second-order valence-corrected chi connectivity index (χ2v) is 5.32. The average Bonchev–Trinajstić information content (AvgIpc) is 2.54. The Morgan fingerprint density at radius 2 is 1.82 bits per heavy atom. The third-order valence-corrected chi connectivity index (χ3v) is 3.54. The van der Waals surface area contributed by atoms with Crippen LogP contribution < -0.4 is 4.74 Å². The van der Waals surface area contributed by atoms with Crippen molar-refractivity contribution in [3.8, 4) is 5.75 Å². The summed E-state index contributed by atoms with van der Waals surface area (Å²) in [6.07, 6.45) is 4.75. The molecule has 0 fully saturated rings. The van der Waals surface area contributed by atoms with Crippen LogP contribution in [0.5, 0.6) is 5.75 Å². The lowest BCUT2D eigenvalue weighted by molar-refractivity contribution is 0.104. The van der Waals surface area contributed by atoms with Gasteiger partial charge >= 0.3 is 0 Å². The molecule has 0 radical (unpaired) electrons.